The largest absolute Gasteiger partial charge is 0.444 e. The summed E-state index contributed by atoms with van der Waals surface area (Å²) in [4.78, 5) is 16.1. The van der Waals surface area contributed by atoms with Crippen LogP contribution in [0.1, 0.15) is 30.2 Å². The number of hydrogen-bond acceptors (Lipinski definition) is 3. The number of halogens is 1. The van der Waals surface area contributed by atoms with E-state index in [1.807, 2.05) is 10.8 Å². The van der Waals surface area contributed by atoms with Gasteiger partial charge in [0.05, 0.1) is 6.54 Å². The van der Waals surface area contributed by atoms with Crippen molar-refractivity contribution in [3.8, 4) is 0 Å². The molecular formula is C13H16BrN3O2. The smallest absolute Gasteiger partial charge is 0.287 e. The highest BCUT2D eigenvalue weighted by Crippen LogP contribution is 2.13. The summed E-state index contributed by atoms with van der Waals surface area (Å²) in [5, 5.41) is 2.79. The van der Waals surface area contributed by atoms with Crippen LogP contribution in [-0.2, 0) is 13.1 Å². The first kappa shape index (κ1) is 13.9. The third-order valence-corrected chi connectivity index (χ3v) is 2.99. The molecule has 0 unspecified atom stereocenters. The van der Waals surface area contributed by atoms with E-state index in [0.717, 1.165) is 12.4 Å². The molecule has 0 fully saturated rings. The average molecular weight is 326 g/mol. The molecule has 0 spiro atoms. The molecular weight excluding hydrogens is 310 g/mol. The first-order valence-electron chi connectivity index (χ1n) is 6.10. The minimum Gasteiger partial charge on any atom is -0.444 e. The lowest BCUT2D eigenvalue weighted by Crippen LogP contribution is -2.24. The molecule has 0 atom stereocenters. The summed E-state index contributed by atoms with van der Waals surface area (Å²) in [5.41, 5.74) is 0. The zero-order valence-corrected chi connectivity index (χ0v) is 12.5. The van der Waals surface area contributed by atoms with E-state index in [0.29, 0.717) is 17.1 Å². The Kier molecular flexibility index (Phi) is 4.42. The number of aromatic nitrogens is 2. The second kappa shape index (κ2) is 6.06. The SMILES string of the molecule is CC(C)Cn1ccnc1CNC(=O)c1ccc(Br)o1. The van der Waals surface area contributed by atoms with E-state index in [2.05, 4.69) is 40.1 Å². The molecule has 1 N–H and O–H groups in total. The summed E-state index contributed by atoms with van der Waals surface area (Å²) in [5.74, 6) is 1.41. The van der Waals surface area contributed by atoms with Crippen molar-refractivity contribution in [2.75, 3.05) is 0 Å². The van der Waals surface area contributed by atoms with Crippen LogP contribution in [0.2, 0.25) is 0 Å². The van der Waals surface area contributed by atoms with Gasteiger partial charge in [0.2, 0.25) is 0 Å². The van der Waals surface area contributed by atoms with Gasteiger partial charge in [-0.05, 0) is 34.0 Å². The van der Waals surface area contributed by atoms with Gasteiger partial charge >= 0.3 is 0 Å². The van der Waals surface area contributed by atoms with Gasteiger partial charge in [0, 0.05) is 18.9 Å². The summed E-state index contributed by atoms with van der Waals surface area (Å²) in [6.45, 7) is 5.56. The number of hydrogen-bond donors (Lipinski definition) is 1. The predicted molar refractivity (Wildman–Crippen MR) is 74.6 cm³/mol. The molecule has 2 heterocycles. The maximum atomic E-state index is 11.8. The third-order valence-electron chi connectivity index (χ3n) is 2.57. The van der Waals surface area contributed by atoms with Crippen LogP contribution in [0.3, 0.4) is 0 Å². The minimum absolute atomic E-state index is 0.246. The topological polar surface area (TPSA) is 60.1 Å². The van der Waals surface area contributed by atoms with Gasteiger partial charge in [0.15, 0.2) is 10.4 Å². The Labute approximate surface area is 120 Å². The van der Waals surface area contributed by atoms with Crippen LogP contribution in [0.5, 0.6) is 0 Å². The molecule has 0 aliphatic carbocycles. The summed E-state index contributed by atoms with van der Waals surface area (Å²) in [7, 11) is 0. The van der Waals surface area contributed by atoms with Gasteiger partial charge in [0.1, 0.15) is 5.82 Å². The predicted octanol–water partition coefficient (Wildman–Crippen LogP) is 2.82. The number of nitrogens with one attached hydrogen (secondary N) is 1. The lowest BCUT2D eigenvalue weighted by Gasteiger charge is -2.10. The van der Waals surface area contributed by atoms with E-state index >= 15 is 0 Å². The highest BCUT2D eigenvalue weighted by molar-refractivity contribution is 9.10. The van der Waals surface area contributed by atoms with Crippen molar-refractivity contribution in [1.82, 2.24) is 14.9 Å². The molecule has 0 bridgehead atoms. The lowest BCUT2D eigenvalue weighted by molar-refractivity contribution is 0.0920. The van der Waals surface area contributed by atoms with Crippen LogP contribution < -0.4 is 5.32 Å². The molecule has 2 aromatic heterocycles. The number of carbonyl (C=O) groups excluding carboxylic acids is 1. The van der Waals surface area contributed by atoms with Crippen LogP contribution in [0.4, 0.5) is 0 Å². The van der Waals surface area contributed by atoms with Crippen molar-refractivity contribution in [2.45, 2.75) is 26.9 Å². The summed E-state index contributed by atoms with van der Waals surface area (Å²) >= 11 is 3.17. The summed E-state index contributed by atoms with van der Waals surface area (Å²) in [6.07, 6.45) is 3.66. The van der Waals surface area contributed by atoms with Crippen LogP contribution in [-0.4, -0.2) is 15.5 Å². The second-order valence-electron chi connectivity index (χ2n) is 4.68. The van der Waals surface area contributed by atoms with Gasteiger partial charge in [-0.2, -0.15) is 0 Å². The van der Waals surface area contributed by atoms with Gasteiger partial charge in [-0.15, -0.1) is 0 Å². The zero-order chi connectivity index (χ0) is 13.8. The highest BCUT2D eigenvalue weighted by atomic mass is 79.9. The minimum atomic E-state index is -0.246. The molecule has 19 heavy (non-hydrogen) atoms. The zero-order valence-electron chi connectivity index (χ0n) is 10.9. The molecule has 6 heteroatoms. The monoisotopic (exact) mass is 325 g/mol. The molecule has 0 aliphatic rings. The van der Waals surface area contributed by atoms with Crippen molar-refractivity contribution in [1.29, 1.82) is 0 Å². The fourth-order valence-electron chi connectivity index (χ4n) is 1.75. The van der Waals surface area contributed by atoms with Crippen LogP contribution in [0.25, 0.3) is 0 Å². The number of nitrogens with zero attached hydrogens (tertiary/aromatic N) is 2. The van der Waals surface area contributed by atoms with Crippen molar-refractivity contribution < 1.29 is 9.21 Å². The fraction of sp³-hybridized carbons (Fsp3) is 0.385. The standard InChI is InChI=1S/C13H16BrN3O2/c1-9(2)8-17-6-5-15-12(17)7-16-13(18)10-3-4-11(14)19-10/h3-6,9H,7-8H2,1-2H3,(H,16,18). The summed E-state index contributed by atoms with van der Waals surface area (Å²) < 4.78 is 7.77. The average Bonchev–Trinajstić information content (AvgIpc) is 2.95. The van der Waals surface area contributed by atoms with E-state index < -0.39 is 0 Å². The molecule has 0 saturated carbocycles. The lowest BCUT2D eigenvalue weighted by atomic mass is 10.2. The molecule has 2 aromatic rings. The molecule has 0 aliphatic heterocycles. The molecule has 0 aromatic carbocycles. The Morgan fingerprint density at radius 1 is 1.53 bits per heavy atom. The first-order valence-corrected chi connectivity index (χ1v) is 6.89. The van der Waals surface area contributed by atoms with E-state index in [9.17, 15) is 4.79 Å². The maximum absolute atomic E-state index is 11.8. The molecule has 5 nitrogen and oxygen atoms in total. The molecule has 102 valence electrons. The third kappa shape index (κ3) is 3.70. The molecule has 1 amide bonds. The maximum Gasteiger partial charge on any atom is 0.287 e. The Morgan fingerprint density at radius 3 is 2.95 bits per heavy atom. The van der Waals surface area contributed by atoms with Crippen molar-refractivity contribution in [3.05, 3.63) is 40.8 Å². The van der Waals surface area contributed by atoms with E-state index in [1.54, 1.807) is 18.3 Å². The van der Waals surface area contributed by atoms with Gasteiger partial charge in [-0.1, -0.05) is 13.8 Å². The molecule has 0 saturated heterocycles. The normalized spacial score (nSPS) is 10.9. The van der Waals surface area contributed by atoms with Crippen LogP contribution in [0, 0.1) is 5.92 Å². The van der Waals surface area contributed by atoms with Gasteiger partial charge in [0.25, 0.3) is 5.91 Å². The quantitative estimate of drug-likeness (QED) is 0.919. The Hall–Kier alpha value is -1.56. The Morgan fingerprint density at radius 2 is 2.32 bits per heavy atom. The van der Waals surface area contributed by atoms with E-state index in [4.69, 9.17) is 4.42 Å². The van der Waals surface area contributed by atoms with Crippen LogP contribution in [0.15, 0.2) is 33.6 Å². The second-order valence-corrected chi connectivity index (χ2v) is 5.46. The number of imidazole rings is 1. The van der Waals surface area contributed by atoms with E-state index in [1.165, 1.54) is 0 Å². The van der Waals surface area contributed by atoms with Crippen LogP contribution >= 0.6 is 15.9 Å². The molecule has 2 rings (SSSR count). The Balaban J connectivity index is 1.95. The Bertz CT molecular complexity index is 560. The number of rotatable bonds is 5. The fourth-order valence-corrected chi connectivity index (χ4v) is 2.06. The van der Waals surface area contributed by atoms with E-state index in [-0.39, 0.29) is 11.7 Å². The highest BCUT2D eigenvalue weighted by Gasteiger charge is 2.11. The van der Waals surface area contributed by atoms with Crippen molar-refractivity contribution >= 4 is 21.8 Å². The number of furan rings is 1. The van der Waals surface area contributed by atoms with Gasteiger partial charge in [-0.3, -0.25) is 4.79 Å². The van der Waals surface area contributed by atoms with Crippen molar-refractivity contribution in [3.63, 3.8) is 0 Å². The number of amides is 1. The van der Waals surface area contributed by atoms with Gasteiger partial charge in [-0.25, -0.2) is 4.98 Å². The van der Waals surface area contributed by atoms with Crippen molar-refractivity contribution in [2.24, 2.45) is 5.92 Å². The first-order chi connectivity index (χ1) is 9.06. The number of carbonyl (C=O) groups is 1. The summed E-state index contributed by atoms with van der Waals surface area (Å²) in [6, 6.07) is 3.31. The molecule has 0 radical (unpaired) electrons. The van der Waals surface area contributed by atoms with Gasteiger partial charge < -0.3 is 14.3 Å².